The van der Waals surface area contributed by atoms with Crippen LogP contribution in [0.5, 0.6) is 0 Å². The minimum absolute atomic E-state index is 0.108. The molecule has 0 spiro atoms. The summed E-state index contributed by atoms with van der Waals surface area (Å²) in [6.07, 6.45) is -5.23. The third kappa shape index (κ3) is 4.08. The second kappa shape index (κ2) is 4.72. The summed E-state index contributed by atoms with van der Waals surface area (Å²) in [5, 5.41) is 2.51. The molecule has 1 rings (SSSR count). The second-order valence-corrected chi connectivity index (χ2v) is 3.85. The molecule has 1 N–H and O–H groups in total. The van der Waals surface area contributed by atoms with Crippen molar-refractivity contribution in [3.05, 3.63) is 29.6 Å². The van der Waals surface area contributed by atoms with Crippen molar-refractivity contribution in [1.82, 2.24) is 0 Å². The predicted molar refractivity (Wildman–Crippen MR) is 54.9 cm³/mol. The molecule has 0 aliphatic heterocycles. The van der Waals surface area contributed by atoms with Gasteiger partial charge in [0.1, 0.15) is 5.82 Å². The molecule has 0 saturated carbocycles. The molecule has 0 fully saturated rings. The van der Waals surface area contributed by atoms with Crippen LogP contribution in [0.4, 0.5) is 23.2 Å². The predicted octanol–water partition coefficient (Wildman–Crippen LogP) is 3.89. The molecule has 1 aromatic carbocycles. The van der Waals surface area contributed by atoms with Crippen molar-refractivity contribution in [2.45, 2.75) is 32.5 Å². The lowest BCUT2D eigenvalue weighted by molar-refractivity contribution is -0.136. The first-order valence-corrected chi connectivity index (χ1v) is 4.87. The molecule has 1 unspecified atom stereocenters. The summed E-state index contributed by atoms with van der Waals surface area (Å²) < 4.78 is 49.4. The number of halogens is 4. The van der Waals surface area contributed by atoms with Crippen LogP contribution in [-0.2, 0) is 0 Å². The van der Waals surface area contributed by atoms with Gasteiger partial charge in [-0.05, 0) is 31.5 Å². The molecular formula is C11H13F4N. The monoisotopic (exact) mass is 235 g/mol. The largest absolute Gasteiger partial charge is 0.391 e. The molecule has 16 heavy (non-hydrogen) atoms. The quantitative estimate of drug-likeness (QED) is 0.784. The Labute approximate surface area is 91.5 Å². The lowest BCUT2D eigenvalue weighted by atomic mass is 10.1. The molecule has 1 atom stereocenters. The number of rotatable bonds is 3. The standard InChI is InChI=1S/C11H13F4N/c1-7-3-4-9(12)10(5-7)16-8(2)6-11(13,14)15/h3-5,8,16H,6H2,1-2H3. The Morgan fingerprint density at radius 2 is 1.94 bits per heavy atom. The molecule has 1 nitrogen and oxygen atoms in total. The fraction of sp³-hybridized carbons (Fsp3) is 0.455. The number of anilines is 1. The first-order chi connectivity index (χ1) is 7.28. The number of alkyl halides is 3. The highest BCUT2D eigenvalue weighted by Gasteiger charge is 2.30. The summed E-state index contributed by atoms with van der Waals surface area (Å²) in [4.78, 5) is 0. The van der Waals surface area contributed by atoms with Gasteiger partial charge in [0, 0.05) is 6.04 Å². The maximum atomic E-state index is 13.2. The lowest BCUT2D eigenvalue weighted by Gasteiger charge is -2.17. The highest BCUT2D eigenvalue weighted by molar-refractivity contribution is 5.47. The molecule has 0 heterocycles. The molecule has 1 aromatic rings. The average molecular weight is 235 g/mol. The van der Waals surface area contributed by atoms with E-state index in [9.17, 15) is 17.6 Å². The minimum atomic E-state index is -4.24. The van der Waals surface area contributed by atoms with E-state index in [0.717, 1.165) is 5.56 Å². The van der Waals surface area contributed by atoms with Crippen LogP contribution in [-0.4, -0.2) is 12.2 Å². The van der Waals surface area contributed by atoms with Gasteiger partial charge in [0.2, 0.25) is 0 Å². The fourth-order valence-electron chi connectivity index (χ4n) is 1.41. The van der Waals surface area contributed by atoms with Crippen LogP contribution in [0.15, 0.2) is 18.2 Å². The van der Waals surface area contributed by atoms with E-state index >= 15 is 0 Å². The zero-order valence-corrected chi connectivity index (χ0v) is 9.03. The van der Waals surface area contributed by atoms with E-state index in [4.69, 9.17) is 0 Å². The Morgan fingerprint density at radius 1 is 1.31 bits per heavy atom. The van der Waals surface area contributed by atoms with Gasteiger partial charge in [-0.2, -0.15) is 13.2 Å². The number of aryl methyl sites for hydroxylation is 1. The summed E-state index contributed by atoms with van der Waals surface area (Å²) in [6.45, 7) is 3.12. The van der Waals surface area contributed by atoms with Gasteiger partial charge in [-0.25, -0.2) is 4.39 Å². The Kier molecular flexibility index (Phi) is 3.78. The number of hydrogen-bond donors (Lipinski definition) is 1. The van der Waals surface area contributed by atoms with Crippen LogP contribution in [0.3, 0.4) is 0 Å². The molecule has 90 valence electrons. The van der Waals surface area contributed by atoms with E-state index in [-0.39, 0.29) is 5.69 Å². The zero-order valence-electron chi connectivity index (χ0n) is 9.03. The van der Waals surface area contributed by atoms with Gasteiger partial charge in [-0.1, -0.05) is 6.07 Å². The molecule has 0 aromatic heterocycles. The summed E-state index contributed by atoms with van der Waals surface area (Å²) in [6, 6.07) is 3.44. The van der Waals surface area contributed by atoms with Crippen LogP contribution in [0.1, 0.15) is 18.9 Å². The third-order valence-corrected chi connectivity index (χ3v) is 2.06. The van der Waals surface area contributed by atoms with E-state index in [1.54, 1.807) is 13.0 Å². The van der Waals surface area contributed by atoms with Crippen LogP contribution in [0.2, 0.25) is 0 Å². The van der Waals surface area contributed by atoms with Crippen molar-refractivity contribution < 1.29 is 17.6 Å². The maximum Gasteiger partial charge on any atom is 0.391 e. The van der Waals surface area contributed by atoms with Crippen molar-refractivity contribution in [2.24, 2.45) is 0 Å². The van der Waals surface area contributed by atoms with Crippen LogP contribution in [0.25, 0.3) is 0 Å². The second-order valence-electron chi connectivity index (χ2n) is 3.85. The molecule has 5 heteroatoms. The normalized spacial score (nSPS) is 13.6. The van der Waals surface area contributed by atoms with Crippen molar-refractivity contribution in [2.75, 3.05) is 5.32 Å². The van der Waals surface area contributed by atoms with Crippen molar-refractivity contribution in [1.29, 1.82) is 0 Å². The van der Waals surface area contributed by atoms with Crippen molar-refractivity contribution in [3.63, 3.8) is 0 Å². The minimum Gasteiger partial charge on any atom is -0.380 e. The average Bonchev–Trinajstić information content (AvgIpc) is 2.08. The van der Waals surface area contributed by atoms with Gasteiger partial charge in [0.25, 0.3) is 0 Å². The van der Waals surface area contributed by atoms with Crippen LogP contribution >= 0.6 is 0 Å². The number of nitrogens with one attached hydrogen (secondary N) is 1. The topological polar surface area (TPSA) is 12.0 Å². The molecule has 0 saturated heterocycles. The van der Waals surface area contributed by atoms with Gasteiger partial charge in [0.05, 0.1) is 12.1 Å². The van der Waals surface area contributed by atoms with Crippen molar-refractivity contribution >= 4 is 5.69 Å². The lowest BCUT2D eigenvalue weighted by Crippen LogP contribution is -2.24. The highest BCUT2D eigenvalue weighted by atomic mass is 19.4. The maximum absolute atomic E-state index is 13.2. The summed E-state index contributed by atoms with van der Waals surface area (Å²) in [5.41, 5.74) is 0.903. The molecule has 0 amide bonds. The van der Waals surface area contributed by atoms with E-state index in [2.05, 4.69) is 5.32 Å². The van der Waals surface area contributed by atoms with E-state index in [1.165, 1.54) is 19.1 Å². The summed E-state index contributed by atoms with van der Waals surface area (Å²) >= 11 is 0. The van der Waals surface area contributed by atoms with Gasteiger partial charge < -0.3 is 5.32 Å². The zero-order chi connectivity index (χ0) is 12.3. The SMILES string of the molecule is Cc1ccc(F)c(NC(C)CC(F)(F)F)c1. The van der Waals surface area contributed by atoms with E-state index in [0.29, 0.717) is 0 Å². The summed E-state index contributed by atoms with van der Waals surface area (Å²) in [5.74, 6) is -0.542. The molecule has 0 bridgehead atoms. The Morgan fingerprint density at radius 3 is 2.50 bits per heavy atom. The Balaban J connectivity index is 2.69. The first kappa shape index (κ1) is 12.8. The smallest absolute Gasteiger partial charge is 0.380 e. The Hall–Kier alpha value is -1.26. The van der Waals surface area contributed by atoms with E-state index < -0.39 is 24.5 Å². The Bertz CT molecular complexity index is 359. The number of benzene rings is 1. The highest BCUT2D eigenvalue weighted by Crippen LogP contribution is 2.24. The fourth-order valence-corrected chi connectivity index (χ4v) is 1.41. The first-order valence-electron chi connectivity index (χ1n) is 4.87. The summed E-state index contributed by atoms with van der Waals surface area (Å²) in [7, 11) is 0. The molecular weight excluding hydrogens is 222 g/mol. The number of hydrogen-bond acceptors (Lipinski definition) is 1. The third-order valence-electron chi connectivity index (χ3n) is 2.06. The van der Waals surface area contributed by atoms with Crippen molar-refractivity contribution in [3.8, 4) is 0 Å². The van der Waals surface area contributed by atoms with E-state index in [1.807, 2.05) is 0 Å². The van der Waals surface area contributed by atoms with Crippen LogP contribution < -0.4 is 5.32 Å². The van der Waals surface area contributed by atoms with Gasteiger partial charge in [0.15, 0.2) is 0 Å². The van der Waals surface area contributed by atoms with Gasteiger partial charge in [-0.15, -0.1) is 0 Å². The van der Waals surface area contributed by atoms with Crippen LogP contribution in [0, 0.1) is 12.7 Å². The molecule has 0 aliphatic carbocycles. The molecule has 0 aliphatic rings. The molecule has 0 radical (unpaired) electrons. The van der Waals surface area contributed by atoms with Gasteiger partial charge in [-0.3, -0.25) is 0 Å². The van der Waals surface area contributed by atoms with Gasteiger partial charge >= 0.3 is 6.18 Å².